The van der Waals surface area contributed by atoms with Crippen molar-refractivity contribution in [3.05, 3.63) is 34.9 Å². The maximum atomic E-state index is 13.1. The van der Waals surface area contributed by atoms with E-state index in [2.05, 4.69) is 5.32 Å². The van der Waals surface area contributed by atoms with Crippen molar-refractivity contribution in [3.8, 4) is 0 Å². The van der Waals surface area contributed by atoms with Crippen LogP contribution in [0.2, 0.25) is 0 Å². The highest BCUT2D eigenvalue weighted by molar-refractivity contribution is 6.04. The number of likely N-dealkylation sites (tertiary alicyclic amines) is 1. The first kappa shape index (κ1) is 18.1. The lowest BCUT2D eigenvalue weighted by molar-refractivity contribution is -0.130. The molecule has 0 aromatic heterocycles. The molecule has 1 saturated carbocycles. The monoisotopic (exact) mass is 342 g/mol. The lowest BCUT2D eigenvalue weighted by Gasteiger charge is -2.27. The van der Waals surface area contributed by atoms with Crippen LogP contribution in [0.25, 0.3) is 0 Å². The first-order chi connectivity index (χ1) is 12.1. The summed E-state index contributed by atoms with van der Waals surface area (Å²) in [6.45, 7) is 5.02. The van der Waals surface area contributed by atoms with Crippen molar-refractivity contribution in [2.75, 3.05) is 13.1 Å². The van der Waals surface area contributed by atoms with Crippen molar-refractivity contribution in [2.24, 2.45) is 0 Å². The van der Waals surface area contributed by atoms with Crippen LogP contribution in [0.4, 0.5) is 0 Å². The Bertz CT molecular complexity index is 615. The molecule has 25 heavy (non-hydrogen) atoms. The van der Waals surface area contributed by atoms with Crippen molar-refractivity contribution in [2.45, 2.75) is 70.9 Å². The number of aryl methyl sites for hydroxylation is 2. The van der Waals surface area contributed by atoms with Gasteiger partial charge in [-0.2, -0.15) is 0 Å². The molecule has 1 aromatic rings. The molecule has 4 heteroatoms. The predicted octanol–water partition coefficient (Wildman–Crippen LogP) is 3.40. The molecule has 0 spiro atoms. The van der Waals surface area contributed by atoms with E-state index in [1.165, 1.54) is 19.3 Å². The number of hydrogen-bond donors (Lipinski definition) is 1. The molecule has 0 radical (unpaired) electrons. The zero-order chi connectivity index (χ0) is 17.8. The number of rotatable bonds is 5. The van der Waals surface area contributed by atoms with Gasteiger partial charge in [-0.05, 0) is 50.7 Å². The highest BCUT2D eigenvalue weighted by Crippen LogP contribution is 2.25. The number of carbonyl (C=O) groups excluding carboxylic acids is 2. The van der Waals surface area contributed by atoms with Crippen LogP contribution in [0.3, 0.4) is 0 Å². The van der Waals surface area contributed by atoms with E-state index in [4.69, 9.17) is 0 Å². The minimum atomic E-state index is -0.291. The number of Topliss-reactive ketones (excluding diaryl/α,β-unsaturated/α-hetero) is 1. The number of amides is 1. The van der Waals surface area contributed by atoms with Crippen LogP contribution in [0, 0.1) is 13.8 Å². The van der Waals surface area contributed by atoms with Crippen molar-refractivity contribution >= 4 is 11.7 Å². The van der Waals surface area contributed by atoms with E-state index in [9.17, 15) is 9.59 Å². The van der Waals surface area contributed by atoms with Crippen LogP contribution in [0.1, 0.15) is 66.4 Å². The summed E-state index contributed by atoms with van der Waals surface area (Å²) in [5.74, 6) is 0.187. The highest BCUT2D eigenvalue weighted by Gasteiger charge is 2.35. The SMILES string of the molecule is Cc1cccc(C)c1C(=O)[C@@H]1CCCN1C(=O)CNC1CCCCC1. The Labute approximate surface area is 151 Å². The lowest BCUT2D eigenvalue weighted by Crippen LogP contribution is -2.46. The first-order valence-corrected chi connectivity index (χ1v) is 9.71. The first-order valence-electron chi connectivity index (χ1n) is 9.71. The van der Waals surface area contributed by atoms with Crippen molar-refractivity contribution in [3.63, 3.8) is 0 Å². The molecule has 1 saturated heterocycles. The van der Waals surface area contributed by atoms with E-state index < -0.39 is 0 Å². The fourth-order valence-electron chi connectivity index (χ4n) is 4.35. The molecule has 1 aliphatic carbocycles. The third-order valence-corrected chi connectivity index (χ3v) is 5.75. The minimum absolute atomic E-state index is 0.0765. The number of hydrogen-bond acceptors (Lipinski definition) is 3. The van der Waals surface area contributed by atoms with Crippen LogP contribution in [0.5, 0.6) is 0 Å². The molecule has 0 unspecified atom stereocenters. The van der Waals surface area contributed by atoms with Gasteiger partial charge in [0.25, 0.3) is 0 Å². The van der Waals surface area contributed by atoms with Gasteiger partial charge in [-0.25, -0.2) is 0 Å². The molecular formula is C21H30N2O2. The smallest absolute Gasteiger partial charge is 0.237 e. The van der Waals surface area contributed by atoms with Gasteiger partial charge in [-0.3, -0.25) is 9.59 Å². The van der Waals surface area contributed by atoms with Gasteiger partial charge in [0, 0.05) is 18.2 Å². The normalized spacial score (nSPS) is 21.5. The van der Waals surface area contributed by atoms with Gasteiger partial charge in [0.05, 0.1) is 12.6 Å². The average molecular weight is 342 g/mol. The number of ketones is 1. The lowest BCUT2D eigenvalue weighted by atomic mass is 9.94. The fourth-order valence-corrected chi connectivity index (χ4v) is 4.35. The fraction of sp³-hybridized carbons (Fsp3) is 0.619. The van der Waals surface area contributed by atoms with Crippen LogP contribution < -0.4 is 5.32 Å². The molecule has 1 N–H and O–H groups in total. The third-order valence-electron chi connectivity index (χ3n) is 5.75. The number of benzene rings is 1. The van der Waals surface area contributed by atoms with Gasteiger partial charge in [0.15, 0.2) is 5.78 Å². The topological polar surface area (TPSA) is 49.4 Å². The molecule has 1 aromatic carbocycles. The number of nitrogens with zero attached hydrogens (tertiary/aromatic N) is 1. The molecule has 1 atom stereocenters. The molecule has 2 fully saturated rings. The van der Waals surface area contributed by atoms with Gasteiger partial charge >= 0.3 is 0 Å². The Kier molecular flexibility index (Phi) is 5.89. The summed E-state index contributed by atoms with van der Waals surface area (Å²) in [7, 11) is 0. The maximum absolute atomic E-state index is 13.1. The average Bonchev–Trinajstić information content (AvgIpc) is 3.10. The van der Waals surface area contributed by atoms with E-state index in [1.54, 1.807) is 0 Å². The minimum Gasteiger partial charge on any atom is -0.331 e. The second-order valence-electron chi connectivity index (χ2n) is 7.59. The standard InChI is InChI=1S/C21H30N2O2/c1-15-8-6-9-16(2)20(15)21(25)18-12-7-13-23(18)19(24)14-22-17-10-4-3-5-11-17/h6,8-9,17-18,22H,3-5,7,10-14H2,1-2H3/t18-/m0/s1. The van der Waals surface area contributed by atoms with Gasteiger partial charge in [0.1, 0.15) is 0 Å². The Morgan fingerprint density at radius 1 is 1.04 bits per heavy atom. The van der Waals surface area contributed by atoms with E-state index >= 15 is 0 Å². The molecule has 4 nitrogen and oxygen atoms in total. The Balaban J connectivity index is 1.65. The maximum Gasteiger partial charge on any atom is 0.237 e. The van der Waals surface area contributed by atoms with Crippen LogP contribution in [-0.4, -0.2) is 41.8 Å². The van der Waals surface area contributed by atoms with Gasteiger partial charge in [0.2, 0.25) is 5.91 Å². The predicted molar refractivity (Wildman–Crippen MR) is 99.9 cm³/mol. The van der Waals surface area contributed by atoms with Gasteiger partial charge < -0.3 is 10.2 Å². The summed E-state index contributed by atoms with van der Waals surface area (Å²) in [5, 5.41) is 3.42. The van der Waals surface area contributed by atoms with Crippen LogP contribution >= 0.6 is 0 Å². The van der Waals surface area contributed by atoms with Crippen molar-refractivity contribution in [1.82, 2.24) is 10.2 Å². The Morgan fingerprint density at radius 3 is 2.40 bits per heavy atom. The second-order valence-corrected chi connectivity index (χ2v) is 7.59. The molecule has 1 amide bonds. The summed E-state index contributed by atoms with van der Waals surface area (Å²) in [4.78, 5) is 27.6. The number of nitrogens with one attached hydrogen (secondary N) is 1. The van der Waals surface area contributed by atoms with Gasteiger partial charge in [-0.1, -0.05) is 37.5 Å². The molecule has 136 valence electrons. The molecule has 1 aliphatic heterocycles. The molecule has 2 aliphatic rings. The largest absolute Gasteiger partial charge is 0.331 e. The third kappa shape index (κ3) is 4.12. The Morgan fingerprint density at radius 2 is 1.72 bits per heavy atom. The highest BCUT2D eigenvalue weighted by atomic mass is 16.2. The zero-order valence-electron chi connectivity index (χ0n) is 15.5. The summed E-state index contributed by atoms with van der Waals surface area (Å²) < 4.78 is 0. The van der Waals surface area contributed by atoms with E-state index in [0.717, 1.165) is 42.4 Å². The zero-order valence-corrected chi connectivity index (χ0v) is 15.5. The summed E-state index contributed by atoms with van der Waals surface area (Å²) >= 11 is 0. The van der Waals surface area contributed by atoms with Crippen LogP contribution in [0.15, 0.2) is 18.2 Å². The quantitative estimate of drug-likeness (QED) is 0.835. The van der Waals surface area contributed by atoms with E-state index in [-0.39, 0.29) is 17.7 Å². The second kappa shape index (κ2) is 8.13. The summed E-state index contributed by atoms with van der Waals surface area (Å²) in [6.07, 6.45) is 7.84. The summed E-state index contributed by atoms with van der Waals surface area (Å²) in [6, 6.07) is 6.11. The van der Waals surface area contributed by atoms with E-state index in [1.807, 2.05) is 36.9 Å². The molecule has 3 rings (SSSR count). The van der Waals surface area contributed by atoms with Crippen molar-refractivity contribution < 1.29 is 9.59 Å². The van der Waals surface area contributed by atoms with Crippen LogP contribution in [-0.2, 0) is 4.79 Å². The van der Waals surface area contributed by atoms with Crippen molar-refractivity contribution in [1.29, 1.82) is 0 Å². The Hall–Kier alpha value is -1.68. The summed E-state index contributed by atoms with van der Waals surface area (Å²) in [5.41, 5.74) is 2.81. The molecule has 1 heterocycles. The van der Waals surface area contributed by atoms with Gasteiger partial charge in [-0.15, -0.1) is 0 Å². The van der Waals surface area contributed by atoms with E-state index in [0.29, 0.717) is 19.1 Å². The molecule has 0 bridgehead atoms. The number of carbonyl (C=O) groups is 2. The molecular weight excluding hydrogens is 312 g/mol.